The number of aldehydes is 1. The highest BCUT2D eigenvalue weighted by atomic mass is 79.9. The van der Waals surface area contributed by atoms with Crippen molar-refractivity contribution in [3.63, 3.8) is 0 Å². The molecule has 0 saturated carbocycles. The van der Waals surface area contributed by atoms with E-state index in [0.717, 1.165) is 40.5 Å². The van der Waals surface area contributed by atoms with Gasteiger partial charge in [-0.2, -0.15) is 0 Å². The predicted molar refractivity (Wildman–Crippen MR) is 96.6 cm³/mol. The van der Waals surface area contributed by atoms with Crippen LogP contribution in [0.15, 0.2) is 46.9 Å². The molecule has 1 atom stereocenters. The molecule has 2 aromatic carbocycles. The van der Waals surface area contributed by atoms with Crippen molar-refractivity contribution in [1.29, 1.82) is 0 Å². The third-order valence-corrected chi connectivity index (χ3v) is 5.31. The fourth-order valence-electron chi connectivity index (χ4n) is 3.37. The maximum atomic E-state index is 11.2. The van der Waals surface area contributed by atoms with Gasteiger partial charge in [0.25, 0.3) is 5.69 Å². The van der Waals surface area contributed by atoms with Gasteiger partial charge in [0.15, 0.2) is 0 Å². The number of hydrogen-bond acceptors (Lipinski definition) is 4. The maximum Gasteiger partial charge on any atom is 0.269 e. The molecule has 0 aromatic heterocycles. The van der Waals surface area contributed by atoms with Gasteiger partial charge in [0.2, 0.25) is 0 Å². The maximum absolute atomic E-state index is 11.2. The average molecular weight is 389 g/mol. The van der Waals surface area contributed by atoms with E-state index in [2.05, 4.69) is 22.9 Å². The third-order valence-electron chi connectivity index (χ3n) is 4.78. The molecule has 6 heteroatoms. The lowest BCUT2D eigenvalue weighted by Crippen LogP contribution is -2.40. The smallest absolute Gasteiger partial charge is 0.269 e. The van der Waals surface area contributed by atoms with E-state index >= 15 is 0 Å². The molecule has 0 radical (unpaired) electrons. The monoisotopic (exact) mass is 388 g/mol. The number of hydrogen-bond donors (Lipinski definition) is 0. The summed E-state index contributed by atoms with van der Waals surface area (Å²) in [5, 5.41) is 11.2. The number of nitro groups is 1. The Morgan fingerprint density at radius 2 is 2.00 bits per heavy atom. The minimum absolute atomic E-state index is 0.0741. The lowest BCUT2D eigenvalue weighted by molar-refractivity contribution is -0.384. The quantitative estimate of drug-likeness (QED) is 0.449. The normalized spacial score (nSPS) is 19.7. The van der Waals surface area contributed by atoms with E-state index in [1.165, 1.54) is 6.07 Å². The highest BCUT2D eigenvalue weighted by molar-refractivity contribution is 9.10. The number of carbonyl (C=O) groups excluding carboxylic acids is 1. The molecule has 0 fully saturated rings. The van der Waals surface area contributed by atoms with E-state index in [1.54, 1.807) is 12.1 Å². The number of halogens is 1. The topological polar surface area (TPSA) is 63.5 Å². The molecule has 0 saturated heterocycles. The molecule has 1 aliphatic heterocycles. The number of rotatable bonds is 4. The van der Waals surface area contributed by atoms with Gasteiger partial charge in [0, 0.05) is 34.3 Å². The average Bonchev–Trinajstić information content (AvgIpc) is 2.58. The van der Waals surface area contributed by atoms with E-state index in [-0.39, 0.29) is 16.0 Å². The number of benzene rings is 2. The minimum atomic E-state index is -0.374. The molecule has 0 spiro atoms. The van der Waals surface area contributed by atoms with Crippen molar-refractivity contribution in [2.75, 3.05) is 18.0 Å². The van der Waals surface area contributed by atoms with Crippen LogP contribution in [0.5, 0.6) is 0 Å². The third kappa shape index (κ3) is 2.82. The molecular weight excluding hydrogens is 372 g/mol. The van der Waals surface area contributed by atoms with Crippen LogP contribution in [0.2, 0.25) is 0 Å². The van der Waals surface area contributed by atoms with E-state index in [0.29, 0.717) is 6.54 Å². The van der Waals surface area contributed by atoms with Gasteiger partial charge in [-0.15, -0.1) is 0 Å². The first-order valence-electron chi connectivity index (χ1n) is 7.69. The van der Waals surface area contributed by atoms with Crippen LogP contribution in [0.1, 0.15) is 24.5 Å². The molecule has 1 aliphatic rings. The lowest BCUT2D eigenvalue weighted by Gasteiger charge is -2.42. The Morgan fingerprint density at radius 3 is 2.62 bits per heavy atom. The second kappa shape index (κ2) is 6.36. The summed E-state index contributed by atoms with van der Waals surface area (Å²) in [5.41, 5.74) is 2.64. The molecule has 124 valence electrons. The molecular formula is C18H17BrN2O3. The molecule has 2 aromatic rings. The first-order chi connectivity index (χ1) is 11.5. The summed E-state index contributed by atoms with van der Waals surface area (Å²) in [5.74, 6) is 0. The van der Waals surface area contributed by atoms with Gasteiger partial charge in [0.05, 0.1) is 11.5 Å². The number of nitrogens with zero attached hydrogens (tertiary/aromatic N) is 2. The number of nitro benzene ring substituents is 1. The van der Waals surface area contributed by atoms with Crippen LogP contribution in [-0.4, -0.2) is 24.3 Å². The van der Waals surface area contributed by atoms with Crippen LogP contribution in [0.25, 0.3) is 0 Å². The zero-order valence-corrected chi connectivity index (χ0v) is 14.8. The Hall–Kier alpha value is -2.21. The van der Waals surface area contributed by atoms with Crippen molar-refractivity contribution in [3.05, 3.63) is 68.2 Å². The Balaban J connectivity index is 2.17. The van der Waals surface area contributed by atoms with Crippen LogP contribution >= 0.6 is 15.9 Å². The molecule has 1 unspecified atom stereocenters. The summed E-state index contributed by atoms with van der Waals surface area (Å²) in [6.07, 6.45) is 1.66. The largest absolute Gasteiger partial charge is 0.364 e. The fourth-order valence-corrected chi connectivity index (χ4v) is 3.63. The Morgan fingerprint density at radius 1 is 1.29 bits per heavy atom. The number of anilines is 1. The Kier molecular flexibility index (Phi) is 4.41. The molecule has 1 heterocycles. The summed E-state index contributed by atoms with van der Waals surface area (Å²) < 4.78 is 0.993. The first kappa shape index (κ1) is 16.6. The van der Waals surface area contributed by atoms with E-state index in [9.17, 15) is 14.9 Å². The van der Waals surface area contributed by atoms with Crippen LogP contribution in [0.4, 0.5) is 11.4 Å². The van der Waals surface area contributed by atoms with Crippen molar-refractivity contribution in [2.45, 2.75) is 18.8 Å². The summed E-state index contributed by atoms with van der Waals surface area (Å²) >= 11 is 3.44. The SMILES string of the molecule is CC1(c2ccc(Br)cc2)CCN(CC=O)c2ccc([N+](=O)[O-])cc21. The molecule has 5 nitrogen and oxygen atoms in total. The van der Waals surface area contributed by atoms with Crippen LogP contribution in [0.3, 0.4) is 0 Å². The Labute approximate surface area is 148 Å². The van der Waals surface area contributed by atoms with Crippen molar-refractivity contribution < 1.29 is 9.72 Å². The second-order valence-electron chi connectivity index (χ2n) is 6.16. The second-order valence-corrected chi connectivity index (χ2v) is 7.08. The molecule has 0 bridgehead atoms. The van der Waals surface area contributed by atoms with Gasteiger partial charge in [0.1, 0.15) is 6.29 Å². The molecule has 0 aliphatic carbocycles. The van der Waals surface area contributed by atoms with E-state index in [1.807, 2.05) is 29.2 Å². The summed E-state index contributed by atoms with van der Waals surface area (Å²) in [4.78, 5) is 23.8. The van der Waals surface area contributed by atoms with Crippen molar-refractivity contribution in [3.8, 4) is 0 Å². The number of carbonyl (C=O) groups is 1. The fraction of sp³-hybridized carbons (Fsp3) is 0.278. The zero-order valence-electron chi connectivity index (χ0n) is 13.2. The van der Waals surface area contributed by atoms with Gasteiger partial charge in [-0.05, 0) is 35.7 Å². The molecule has 24 heavy (non-hydrogen) atoms. The van der Waals surface area contributed by atoms with Crippen LogP contribution in [-0.2, 0) is 10.2 Å². The highest BCUT2D eigenvalue weighted by Gasteiger charge is 2.37. The van der Waals surface area contributed by atoms with Gasteiger partial charge < -0.3 is 9.69 Å². The zero-order chi connectivity index (χ0) is 17.3. The van der Waals surface area contributed by atoms with Gasteiger partial charge in [-0.1, -0.05) is 35.0 Å². The number of fused-ring (bicyclic) bond motifs is 1. The van der Waals surface area contributed by atoms with Gasteiger partial charge >= 0.3 is 0 Å². The number of non-ortho nitro benzene ring substituents is 1. The van der Waals surface area contributed by atoms with Gasteiger partial charge in [-0.25, -0.2) is 0 Å². The van der Waals surface area contributed by atoms with Gasteiger partial charge in [-0.3, -0.25) is 10.1 Å². The van der Waals surface area contributed by atoms with E-state index in [4.69, 9.17) is 0 Å². The molecule has 0 amide bonds. The molecule has 0 N–H and O–H groups in total. The van der Waals surface area contributed by atoms with Crippen molar-refractivity contribution >= 4 is 33.6 Å². The first-order valence-corrected chi connectivity index (χ1v) is 8.48. The lowest BCUT2D eigenvalue weighted by atomic mass is 9.71. The standard InChI is InChI=1S/C18H17BrN2O3/c1-18(13-2-4-14(19)5-3-13)8-9-20(10-11-22)17-7-6-15(21(23)24)12-16(17)18/h2-7,11-12H,8-10H2,1H3. The van der Waals surface area contributed by atoms with Crippen molar-refractivity contribution in [1.82, 2.24) is 0 Å². The van der Waals surface area contributed by atoms with Crippen LogP contribution < -0.4 is 4.90 Å². The Bertz CT molecular complexity index is 791. The predicted octanol–water partition coefficient (Wildman–Crippen LogP) is 4.07. The summed E-state index contributed by atoms with van der Waals surface area (Å²) in [7, 11) is 0. The van der Waals surface area contributed by atoms with Crippen molar-refractivity contribution in [2.24, 2.45) is 0 Å². The summed E-state index contributed by atoms with van der Waals surface area (Å²) in [6.45, 7) is 3.13. The van der Waals surface area contributed by atoms with Crippen LogP contribution in [0, 0.1) is 10.1 Å². The molecule has 3 rings (SSSR count). The highest BCUT2D eigenvalue weighted by Crippen LogP contribution is 2.45. The minimum Gasteiger partial charge on any atom is -0.364 e. The summed E-state index contributed by atoms with van der Waals surface area (Å²) in [6, 6.07) is 13.0. The van der Waals surface area contributed by atoms with E-state index < -0.39 is 0 Å².